The summed E-state index contributed by atoms with van der Waals surface area (Å²) in [6.45, 7) is 7.16. The van der Waals surface area contributed by atoms with Crippen molar-refractivity contribution >= 4 is 8.60 Å². The second-order valence-corrected chi connectivity index (χ2v) is 4.60. The van der Waals surface area contributed by atoms with Gasteiger partial charge in [-0.3, -0.25) is 0 Å². The van der Waals surface area contributed by atoms with Crippen molar-refractivity contribution < 1.29 is 24.5 Å². The molecule has 0 aromatic rings. The molecule has 0 rings (SSSR count). The first-order valence-corrected chi connectivity index (χ1v) is 5.48. The van der Waals surface area contributed by atoms with E-state index in [4.69, 9.17) is 20.0 Å². The van der Waals surface area contributed by atoms with E-state index in [0.29, 0.717) is 0 Å². The van der Waals surface area contributed by atoms with Gasteiger partial charge in [-0.1, -0.05) is 13.8 Å². The van der Waals surface area contributed by atoms with Crippen LogP contribution in [0, 0.1) is 5.41 Å². The van der Waals surface area contributed by atoms with Crippen LogP contribution in [-0.2, 0) is 4.52 Å². The second kappa shape index (κ2) is 8.53. The molecule has 0 spiro atoms. The van der Waals surface area contributed by atoms with Gasteiger partial charge in [-0.05, 0) is 13.8 Å². The molecule has 0 atom stereocenters. The highest BCUT2D eigenvalue weighted by Crippen LogP contribution is 2.25. The molecule has 0 fully saturated rings. The molecule has 0 amide bonds. The third-order valence-corrected chi connectivity index (χ3v) is 1.77. The van der Waals surface area contributed by atoms with Gasteiger partial charge in [0.25, 0.3) is 0 Å². The molecule has 0 saturated carbocycles. The third-order valence-electron chi connectivity index (χ3n) is 1.16. The molecule has 0 heterocycles. The zero-order valence-corrected chi connectivity index (χ0v) is 10.0. The maximum absolute atomic E-state index is 8.43. The average molecular weight is 228 g/mol. The first-order chi connectivity index (χ1) is 6.25. The monoisotopic (exact) mass is 228 g/mol. The van der Waals surface area contributed by atoms with Crippen LogP contribution in [0.2, 0.25) is 0 Å². The normalized spacial score (nSPS) is 11.6. The Labute approximate surface area is 86.3 Å². The predicted octanol–water partition coefficient (Wildman–Crippen LogP) is 0.620. The number of rotatable bonds is 4. The number of hydrogen-bond acceptors (Lipinski definition) is 5. The molecule has 0 bridgehead atoms. The van der Waals surface area contributed by atoms with Gasteiger partial charge in [-0.25, -0.2) is 0 Å². The molecule has 0 aliphatic heterocycles. The van der Waals surface area contributed by atoms with Crippen LogP contribution in [0.1, 0.15) is 27.7 Å². The molecular weight excluding hydrogens is 207 g/mol. The third kappa shape index (κ3) is 14.7. The van der Waals surface area contributed by atoms with Crippen molar-refractivity contribution in [2.24, 2.45) is 5.41 Å². The van der Waals surface area contributed by atoms with Crippen molar-refractivity contribution in [2.45, 2.75) is 33.8 Å². The van der Waals surface area contributed by atoms with Crippen LogP contribution in [0.25, 0.3) is 0 Å². The molecule has 4 N–H and O–H groups in total. The van der Waals surface area contributed by atoms with Crippen LogP contribution in [0.15, 0.2) is 0 Å². The van der Waals surface area contributed by atoms with E-state index in [-0.39, 0.29) is 24.7 Å². The maximum atomic E-state index is 8.43. The predicted molar refractivity (Wildman–Crippen MR) is 55.5 cm³/mol. The number of aliphatic hydroxyl groups is 2. The van der Waals surface area contributed by atoms with E-state index in [2.05, 4.69) is 4.52 Å². The fourth-order valence-electron chi connectivity index (χ4n) is 0.239. The van der Waals surface area contributed by atoms with Crippen LogP contribution < -0.4 is 0 Å². The van der Waals surface area contributed by atoms with E-state index in [0.717, 1.165) is 0 Å². The Morgan fingerprint density at radius 3 is 1.50 bits per heavy atom. The molecule has 0 radical (unpaired) electrons. The molecule has 14 heavy (non-hydrogen) atoms. The first kappa shape index (κ1) is 16.7. The fourth-order valence-corrected chi connectivity index (χ4v) is 0.616. The molecule has 0 saturated heterocycles. The molecule has 0 aromatic carbocycles. The lowest BCUT2D eigenvalue weighted by molar-refractivity contribution is 0.0857. The molecule has 0 unspecified atom stereocenters. The van der Waals surface area contributed by atoms with Gasteiger partial charge in [0, 0.05) is 5.41 Å². The van der Waals surface area contributed by atoms with Crippen molar-refractivity contribution in [3.05, 3.63) is 0 Å². The van der Waals surface area contributed by atoms with Crippen LogP contribution in [-0.4, -0.2) is 39.3 Å². The van der Waals surface area contributed by atoms with Crippen molar-refractivity contribution in [3.8, 4) is 0 Å². The van der Waals surface area contributed by atoms with Gasteiger partial charge in [0.15, 0.2) is 0 Å². The number of hydrogen-bond donors (Lipinski definition) is 4. The molecule has 6 heteroatoms. The largest absolute Gasteiger partial charge is 0.396 e. The minimum atomic E-state index is -2.14. The summed E-state index contributed by atoms with van der Waals surface area (Å²) in [5, 5.41) is 16.9. The van der Waals surface area contributed by atoms with Gasteiger partial charge in [-0.15, -0.1) is 0 Å². The van der Waals surface area contributed by atoms with E-state index in [1.54, 1.807) is 27.7 Å². The summed E-state index contributed by atoms with van der Waals surface area (Å²) in [5.41, 5.74) is -0.306. The second-order valence-electron chi connectivity index (χ2n) is 3.89. The van der Waals surface area contributed by atoms with Crippen LogP contribution in [0.5, 0.6) is 0 Å². The van der Waals surface area contributed by atoms with E-state index in [1.165, 1.54) is 0 Å². The minimum Gasteiger partial charge on any atom is -0.396 e. The maximum Gasteiger partial charge on any atom is 0.327 e. The quantitative estimate of drug-likeness (QED) is 0.529. The topological polar surface area (TPSA) is 90.2 Å². The summed E-state index contributed by atoms with van der Waals surface area (Å²) in [5.74, 6) is 0. The standard InChI is InChI=1S/C5H12O2.C3H9O3P/c1-5(2,3-6)4-7;1-3(2)6-7(4)5/h6-7H,3-4H2,1-2H3;3-5H,1-2H3. The summed E-state index contributed by atoms with van der Waals surface area (Å²) >= 11 is 0. The highest BCUT2D eigenvalue weighted by atomic mass is 31.2. The average Bonchev–Trinajstić information content (AvgIpc) is 2.03. The zero-order valence-electron chi connectivity index (χ0n) is 9.14. The van der Waals surface area contributed by atoms with Gasteiger partial charge in [-0.2, -0.15) is 0 Å². The Morgan fingerprint density at radius 2 is 1.50 bits per heavy atom. The summed E-state index contributed by atoms with van der Waals surface area (Å²) in [6.07, 6.45) is -0.0962. The number of aliphatic hydroxyl groups excluding tert-OH is 2. The minimum absolute atomic E-state index is 0.0451. The van der Waals surface area contributed by atoms with E-state index >= 15 is 0 Å². The molecule has 0 aromatic heterocycles. The molecule has 88 valence electrons. The SMILES string of the molecule is CC(C)(CO)CO.CC(C)OP(O)O. The zero-order chi connectivity index (χ0) is 11.8. The fraction of sp³-hybridized carbons (Fsp3) is 1.00. The Kier molecular flexibility index (Phi) is 10.1. The lowest BCUT2D eigenvalue weighted by atomic mass is 9.97. The van der Waals surface area contributed by atoms with Crippen LogP contribution in [0.3, 0.4) is 0 Å². The van der Waals surface area contributed by atoms with Crippen molar-refractivity contribution in [1.29, 1.82) is 0 Å². The molecule has 5 nitrogen and oxygen atoms in total. The van der Waals surface area contributed by atoms with Crippen molar-refractivity contribution in [2.75, 3.05) is 13.2 Å². The molecular formula is C8H21O5P. The van der Waals surface area contributed by atoms with Crippen LogP contribution in [0.4, 0.5) is 0 Å². The summed E-state index contributed by atoms with van der Waals surface area (Å²) < 4.78 is 4.43. The highest BCUT2D eigenvalue weighted by molar-refractivity contribution is 7.39. The van der Waals surface area contributed by atoms with Gasteiger partial charge in [0.1, 0.15) is 0 Å². The Morgan fingerprint density at radius 1 is 1.14 bits per heavy atom. The Hall–Kier alpha value is 0.230. The molecule has 0 aliphatic carbocycles. The van der Waals surface area contributed by atoms with Crippen LogP contribution >= 0.6 is 8.60 Å². The Balaban J connectivity index is 0. The lowest BCUT2D eigenvalue weighted by Crippen LogP contribution is -2.20. The molecule has 0 aliphatic rings. The van der Waals surface area contributed by atoms with Gasteiger partial charge in [0.2, 0.25) is 0 Å². The van der Waals surface area contributed by atoms with E-state index < -0.39 is 8.60 Å². The van der Waals surface area contributed by atoms with E-state index in [1.807, 2.05) is 0 Å². The highest BCUT2D eigenvalue weighted by Gasteiger charge is 2.13. The van der Waals surface area contributed by atoms with Crippen molar-refractivity contribution in [3.63, 3.8) is 0 Å². The van der Waals surface area contributed by atoms with Gasteiger partial charge in [0.05, 0.1) is 19.3 Å². The summed E-state index contributed by atoms with van der Waals surface area (Å²) in [4.78, 5) is 16.2. The van der Waals surface area contributed by atoms with E-state index in [9.17, 15) is 0 Å². The smallest absolute Gasteiger partial charge is 0.327 e. The van der Waals surface area contributed by atoms with Crippen molar-refractivity contribution in [1.82, 2.24) is 0 Å². The summed E-state index contributed by atoms with van der Waals surface area (Å²) in [7, 11) is -2.14. The first-order valence-electron chi connectivity index (χ1n) is 4.31. The Bertz CT molecular complexity index is 115. The van der Waals surface area contributed by atoms with Gasteiger partial charge < -0.3 is 24.5 Å². The van der Waals surface area contributed by atoms with Gasteiger partial charge >= 0.3 is 8.60 Å². The summed E-state index contributed by atoms with van der Waals surface area (Å²) in [6, 6.07) is 0. The lowest BCUT2D eigenvalue weighted by Gasteiger charge is -2.16.